The number of carbonyl (C=O) groups excluding carboxylic acids is 1. The second kappa shape index (κ2) is 8.60. The van der Waals surface area contributed by atoms with Crippen LogP contribution in [0, 0.1) is 0 Å². The SMILES string of the molecule is CC(C(=O)N1c2ccccc2Sc2ccccc21)N1CCC(c2nc3ccccc3s2)CC1. The second-order valence-electron chi connectivity index (χ2n) is 8.72. The van der Waals surface area contributed by atoms with Crippen molar-refractivity contribution < 1.29 is 4.79 Å². The predicted octanol–water partition coefficient (Wildman–Crippen LogP) is 6.69. The topological polar surface area (TPSA) is 36.4 Å². The fraction of sp³-hybridized carbons (Fsp3) is 0.259. The molecule has 166 valence electrons. The van der Waals surface area contributed by atoms with Crippen LogP contribution in [0.5, 0.6) is 0 Å². The quantitative estimate of drug-likeness (QED) is 0.333. The maximum absolute atomic E-state index is 13.9. The molecule has 4 aromatic rings. The van der Waals surface area contributed by atoms with Crippen molar-refractivity contribution >= 4 is 50.6 Å². The first-order valence-electron chi connectivity index (χ1n) is 11.5. The van der Waals surface area contributed by atoms with Crippen LogP contribution in [-0.2, 0) is 4.79 Å². The Kier molecular flexibility index (Phi) is 5.45. The lowest BCUT2D eigenvalue weighted by molar-refractivity contribution is -0.123. The minimum absolute atomic E-state index is 0.147. The van der Waals surface area contributed by atoms with E-state index in [4.69, 9.17) is 4.98 Å². The number of thiazole rings is 1. The highest BCUT2D eigenvalue weighted by molar-refractivity contribution is 7.99. The van der Waals surface area contributed by atoms with Gasteiger partial charge in [-0.2, -0.15) is 0 Å². The van der Waals surface area contributed by atoms with E-state index in [1.54, 1.807) is 11.8 Å². The van der Waals surface area contributed by atoms with E-state index in [1.165, 1.54) is 9.71 Å². The molecule has 3 aromatic carbocycles. The summed E-state index contributed by atoms with van der Waals surface area (Å²) in [7, 11) is 0. The Morgan fingerprint density at radius 2 is 1.52 bits per heavy atom. The molecule has 1 atom stereocenters. The summed E-state index contributed by atoms with van der Waals surface area (Å²) in [5.41, 5.74) is 3.08. The molecular formula is C27H25N3OS2. The summed E-state index contributed by atoms with van der Waals surface area (Å²) in [4.78, 5) is 25.3. The lowest BCUT2D eigenvalue weighted by Crippen LogP contribution is -2.48. The van der Waals surface area contributed by atoms with E-state index in [0.717, 1.165) is 52.6 Å². The highest BCUT2D eigenvalue weighted by Gasteiger charge is 2.35. The van der Waals surface area contributed by atoms with Crippen LogP contribution < -0.4 is 4.90 Å². The summed E-state index contributed by atoms with van der Waals surface area (Å²) in [5, 5.41) is 1.24. The number of aromatic nitrogens is 1. The van der Waals surface area contributed by atoms with Crippen LogP contribution in [0.4, 0.5) is 11.4 Å². The van der Waals surface area contributed by atoms with Crippen molar-refractivity contribution in [1.82, 2.24) is 9.88 Å². The molecular weight excluding hydrogens is 446 g/mol. The van der Waals surface area contributed by atoms with Crippen molar-refractivity contribution in [3.63, 3.8) is 0 Å². The molecule has 1 amide bonds. The molecule has 0 saturated carbocycles. The monoisotopic (exact) mass is 471 g/mol. The first-order chi connectivity index (χ1) is 16.2. The van der Waals surface area contributed by atoms with E-state index in [1.807, 2.05) is 40.5 Å². The highest BCUT2D eigenvalue weighted by atomic mass is 32.2. The number of fused-ring (bicyclic) bond motifs is 3. The van der Waals surface area contributed by atoms with Gasteiger partial charge in [-0.15, -0.1) is 11.3 Å². The van der Waals surface area contributed by atoms with Crippen LogP contribution in [0.2, 0.25) is 0 Å². The lowest BCUT2D eigenvalue weighted by Gasteiger charge is -2.38. The fourth-order valence-electron chi connectivity index (χ4n) is 4.88. The van der Waals surface area contributed by atoms with Crippen LogP contribution in [-0.4, -0.2) is 34.9 Å². The summed E-state index contributed by atoms with van der Waals surface area (Å²) < 4.78 is 1.26. The molecule has 4 nitrogen and oxygen atoms in total. The Morgan fingerprint density at radius 3 is 2.18 bits per heavy atom. The van der Waals surface area contributed by atoms with E-state index < -0.39 is 0 Å². The molecule has 1 aromatic heterocycles. The number of likely N-dealkylation sites (tertiary alicyclic amines) is 1. The minimum atomic E-state index is -0.175. The van der Waals surface area contributed by atoms with Crippen LogP contribution in [0.25, 0.3) is 10.2 Å². The molecule has 2 aliphatic rings. The number of rotatable bonds is 3. The molecule has 1 saturated heterocycles. The van der Waals surface area contributed by atoms with Gasteiger partial charge in [-0.1, -0.05) is 48.2 Å². The van der Waals surface area contributed by atoms with Gasteiger partial charge in [-0.3, -0.25) is 14.6 Å². The van der Waals surface area contributed by atoms with Crippen molar-refractivity contribution in [2.45, 2.75) is 41.5 Å². The number of hydrogen-bond donors (Lipinski definition) is 0. The first-order valence-corrected chi connectivity index (χ1v) is 13.1. The maximum atomic E-state index is 13.9. The molecule has 0 N–H and O–H groups in total. The molecule has 2 aliphatic heterocycles. The summed E-state index contributed by atoms with van der Waals surface area (Å²) in [6.45, 7) is 3.89. The van der Waals surface area contributed by atoms with Gasteiger partial charge in [0.2, 0.25) is 5.91 Å². The van der Waals surface area contributed by atoms with Gasteiger partial charge in [0.1, 0.15) is 0 Å². The first kappa shape index (κ1) is 20.9. The van der Waals surface area contributed by atoms with Crippen molar-refractivity contribution in [2.24, 2.45) is 0 Å². The third-order valence-corrected chi connectivity index (χ3v) is 9.08. The van der Waals surface area contributed by atoms with Gasteiger partial charge in [0.05, 0.1) is 32.6 Å². The van der Waals surface area contributed by atoms with Crippen molar-refractivity contribution in [1.29, 1.82) is 0 Å². The van der Waals surface area contributed by atoms with E-state index in [-0.39, 0.29) is 11.9 Å². The van der Waals surface area contributed by atoms with E-state index in [2.05, 4.69) is 60.4 Å². The number of carbonyl (C=O) groups is 1. The van der Waals surface area contributed by atoms with E-state index in [0.29, 0.717) is 5.92 Å². The number of anilines is 2. The van der Waals surface area contributed by atoms with Gasteiger partial charge in [0.25, 0.3) is 0 Å². The number of nitrogens with zero attached hydrogens (tertiary/aromatic N) is 3. The van der Waals surface area contributed by atoms with Crippen LogP contribution in [0.3, 0.4) is 0 Å². The average molecular weight is 472 g/mol. The third-order valence-electron chi connectivity index (χ3n) is 6.75. The van der Waals surface area contributed by atoms with Gasteiger partial charge in [-0.25, -0.2) is 4.98 Å². The Morgan fingerprint density at radius 1 is 0.909 bits per heavy atom. The molecule has 1 fully saturated rings. The summed E-state index contributed by atoms with van der Waals surface area (Å²) >= 11 is 3.56. The summed E-state index contributed by atoms with van der Waals surface area (Å²) in [6.07, 6.45) is 2.08. The number of benzene rings is 3. The minimum Gasteiger partial charge on any atom is -0.292 e. The predicted molar refractivity (Wildman–Crippen MR) is 137 cm³/mol. The Balaban J connectivity index is 1.21. The maximum Gasteiger partial charge on any atom is 0.248 e. The smallest absolute Gasteiger partial charge is 0.248 e. The molecule has 6 heteroatoms. The number of hydrogen-bond acceptors (Lipinski definition) is 5. The van der Waals surface area contributed by atoms with Gasteiger partial charge in [-0.05, 0) is 69.3 Å². The molecule has 0 bridgehead atoms. The van der Waals surface area contributed by atoms with Crippen LogP contribution in [0.15, 0.2) is 82.6 Å². The van der Waals surface area contributed by atoms with Crippen molar-refractivity contribution in [3.05, 3.63) is 77.8 Å². The zero-order chi connectivity index (χ0) is 22.4. The Hall–Kier alpha value is -2.67. The second-order valence-corrected chi connectivity index (χ2v) is 10.9. The van der Waals surface area contributed by atoms with Crippen LogP contribution in [0.1, 0.15) is 30.7 Å². The third kappa shape index (κ3) is 3.76. The zero-order valence-corrected chi connectivity index (χ0v) is 20.1. The molecule has 1 unspecified atom stereocenters. The van der Waals surface area contributed by atoms with Crippen molar-refractivity contribution in [3.8, 4) is 0 Å². The van der Waals surface area contributed by atoms with Gasteiger partial charge in [0.15, 0.2) is 0 Å². The average Bonchev–Trinajstić information content (AvgIpc) is 3.31. The molecule has 0 aliphatic carbocycles. The number of amides is 1. The molecule has 3 heterocycles. The van der Waals surface area contributed by atoms with E-state index >= 15 is 0 Å². The Labute approximate surface area is 202 Å². The summed E-state index contributed by atoms with van der Waals surface area (Å²) in [6, 6.07) is 24.6. The zero-order valence-electron chi connectivity index (χ0n) is 18.5. The molecule has 33 heavy (non-hydrogen) atoms. The van der Waals surface area contributed by atoms with Crippen LogP contribution >= 0.6 is 23.1 Å². The van der Waals surface area contributed by atoms with Crippen molar-refractivity contribution in [2.75, 3.05) is 18.0 Å². The normalized spacial score (nSPS) is 17.5. The van der Waals surface area contributed by atoms with Gasteiger partial charge >= 0.3 is 0 Å². The largest absolute Gasteiger partial charge is 0.292 e. The highest BCUT2D eigenvalue weighted by Crippen LogP contribution is 2.48. The number of piperidine rings is 1. The molecule has 0 spiro atoms. The standard InChI is InChI=1S/C27H25N3OS2/c1-18(29-16-14-19(15-17-29)26-28-20-8-2-5-11-23(20)33-26)27(31)30-21-9-3-6-12-24(21)32-25-13-7-4-10-22(25)30/h2-13,18-19H,14-17H2,1H3. The number of para-hydroxylation sites is 3. The van der Waals surface area contributed by atoms with E-state index in [9.17, 15) is 4.79 Å². The summed E-state index contributed by atoms with van der Waals surface area (Å²) in [5.74, 6) is 0.627. The molecule has 6 rings (SSSR count). The fourth-order valence-corrected chi connectivity index (χ4v) is 7.08. The van der Waals surface area contributed by atoms with Gasteiger partial charge in [0, 0.05) is 15.7 Å². The van der Waals surface area contributed by atoms with Gasteiger partial charge < -0.3 is 0 Å². The molecule has 0 radical (unpaired) electrons. The Bertz CT molecular complexity index is 1250. The lowest BCUT2D eigenvalue weighted by atomic mass is 9.96.